The Kier molecular flexibility index (Phi) is 34.8. The molecule has 0 aromatic carbocycles. The van der Waals surface area contributed by atoms with Gasteiger partial charge in [0.25, 0.3) is 0 Å². The van der Waals surface area contributed by atoms with Crippen LogP contribution in [0.15, 0.2) is 0 Å². The van der Waals surface area contributed by atoms with Crippen LogP contribution in [0.2, 0.25) is 0 Å². The van der Waals surface area contributed by atoms with Crippen LogP contribution in [-0.4, -0.2) is 111 Å². The second-order valence-electron chi connectivity index (χ2n) is 13.0. The number of nitrogens with zero attached hydrogens (tertiary/aromatic N) is 1. The van der Waals surface area contributed by atoms with E-state index in [4.69, 9.17) is 18.9 Å². The van der Waals surface area contributed by atoms with Crippen LogP contribution >= 0.6 is 23.5 Å². The van der Waals surface area contributed by atoms with E-state index in [1.54, 1.807) is 23.5 Å². The monoisotopic (exact) mass is 748 g/mol. The zero-order valence-corrected chi connectivity index (χ0v) is 33.9. The Morgan fingerprint density at radius 3 is 1.38 bits per heavy atom. The van der Waals surface area contributed by atoms with Gasteiger partial charge in [-0.1, -0.05) is 98.8 Å². The molecule has 50 heavy (non-hydrogen) atoms. The van der Waals surface area contributed by atoms with Crippen molar-refractivity contribution in [1.29, 1.82) is 0 Å². The van der Waals surface area contributed by atoms with Crippen molar-refractivity contribution in [1.82, 2.24) is 10.2 Å². The number of unbranched alkanes of at least 4 members (excludes halogenated alkanes) is 10. The summed E-state index contributed by atoms with van der Waals surface area (Å²) in [5.41, 5.74) is 0. The molecule has 0 radical (unpaired) electrons. The van der Waals surface area contributed by atoms with Gasteiger partial charge in [0.2, 0.25) is 0 Å². The average Bonchev–Trinajstić information content (AvgIpc) is 3.11. The average molecular weight is 749 g/mol. The molecule has 0 aliphatic rings. The Labute approximate surface area is 313 Å². The molecular weight excluding hydrogens is 677 g/mol. The lowest BCUT2D eigenvalue weighted by atomic mass is 10.1. The van der Waals surface area contributed by atoms with Gasteiger partial charge in [0.05, 0.1) is 24.7 Å². The van der Waals surface area contributed by atoms with Crippen molar-refractivity contribution < 1.29 is 38.1 Å². The van der Waals surface area contributed by atoms with Gasteiger partial charge in [-0.2, -0.15) is 23.5 Å². The summed E-state index contributed by atoms with van der Waals surface area (Å²) in [7, 11) is 0. The predicted molar refractivity (Wildman–Crippen MR) is 208 cm³/mol. The summed E-state index contributed by atoms with van der Waals surface area (Å²) in [6, 6.07) is 0. The second-order valence-corrected chi connectivity index (χ2v) is 15.3. The molecule has 0 aromatic rings. The molecule has 0 bridgehead atoms. The molecule has 0 aromatic heterocycles. The second kappa shape index (κ2) is 35.9. The lowest BCUT2D eigenvalue weighted by Crippen LogP contribution is -2.35. The maximum Gasteiger partial charge on any atom is 0.309 e. The Balaban J connectivity index is 4.12. The van der Waals surface area contributed by atoms with E-state index in [-0.39, 0.29) is 75.0 Å². The van der Waals surface area contributed by atoms with Gasteiger partial charge in [-0.05, 0) is 30.9 Å². The normalized spacial score (nSPS) is 12.4. The number of carbonyl (C=O) groups is 4. The maximum atomic E-state index is 12.3. The summed E-state index contributed by atoms with van der Waals surface area (Å²) >= 11 is 3.58. The first-order valence-corrected chi connectivity index (χ1v) is 21.8. The molecule has 0 heterocycles. The third-order valence-corrected chi connectivity index (χ3v) is 10.8. The largest absolute Gasteiger partial charge is 0.462 e. The van der Waals surface area contributed by atoms with Crippen molar-refractivity contribution in [3.63, 3.8) is 0 Å². The molecule has 2 atom stereocenters. The van der Waals surface area contributed by atoms with E-state index >= 15 is 0 Å². The highest BCUT2D eigenvalue weighted by Crippen LogP contribution is 2.15. The number of rotatable bonds is 36. The molecule has 0 aliphatic heterocycles. The van der Waals surface area contributed by atoms with Crippen molar-refractivity contribution in [2.24, 2.45) is 11.8 Å². The first-order valence-electron chi connectivity index (χ1n) is 19.5. The molecular formula is C38H72N2O8S2. The smallest absolute Gasteiger partial charge is 0.309 e. The van der Waals surface area contributed by atoms with Crippen LogP contribution in [0.1, 0.15) is 125 Å². The Morgan fingerprint density at radius 2 is 0.960 bits per heavy atom. The molecule has 0 amide bonds. The van der Waals surface area contributed by atoms with Gasteiger partial charge < -0.3 is 29.2 Å². The molecule has 0 spiro atoms. The van der Waals surface area contributed by atoms with Gasteiger partial charge in [-0.3, -0.25) is 19.2 Å². The Morgan fingerprint density at radius 1 is 0.560 bits per heavy atom. The molecule has 0 aliphatic carbocycles. The molecule has 2 unspecified atom stereocenters. The Hall–Kier alpha value is -1.50. The fourth-order valence-corrected chi connectivity index (χ4v) is 7.03. The summed E-state index contributed by atoms with van der Waals surface area (Å²) in [4.78, 5) is 51.2. The number of carbonyl (C=O) groups excluding carboxylic acids is 4. The molecule has 12 heteroatoms. The van der Waals surface area contributed by atoms with Crippen LogP contribution < -0.4 is 5.32 Å². The van der Waals surface area contributed by atoms with Crippen molar-refractivity contribution in [2.45, 2.75) is 125 Å². The summed E-state index contributed by atoms with van der Waals surface area (Å²) in [6.07, 6.45) is 15.5. The van der Waals surface area contributed by atoms with Crippen LogP contribution in [0.5, 0.6) is 0 Å². The van der Waals surface area contributed by atoms with Gasteiger partial charge in [-0.15, -0.1) is 0 Å². The fourth-order valence-electron chi connectivity index (χ4n) is 4.90. The van der Waals surface area contributed by atoms with Crippen LogP contribution in [0.4, 0.5) is 0 Å². The number of thioether (sulfide) groups is 2. The molecule has 0 rings (SSSR count). The van der Waals surface area contributed by atoms with Crippen molar-refractivity contribution in [2.75, 3.05) is 82.2 Å². The zero-order chi connectivity index (χ0) is 37.1. The minimum Gasteiger partial charge on any atom is -0.462 e. The molecule has 0 saturated heterocycles. The quantitative estimate of drug-likeness (QED) is 0.0393. The first-order chi connectivity index (χ1) is 24.2. The van der Waals surface area contributed by atoms with Crippen molar-refractivity contribution in [3.05, 3.63) is 0 Å². The summed E-state index contributed by atoms with van der Waals surface area (Å²) in [6.45, 7) is 13.4. The summed E-state index contributed by atoms with van der Waals surface area (Å²) in [5.74, 6) is 1.91. The Bertz CT molecular complexity index is 790. The minimum absolute atomic E-state index is 0.0211. The van der Waals surface area contributed by atoms with E-state index in [0.717, 1.165) is 36.1 Å². The lowest BCUT2D eigenvalue weighted by molar-refractivity contribution is -0.154. The van der Waals surface area contributed by atoms with Crippen LogP contribution in [0.3, 0.4) is 0 Å². The molecule has 294 valence electrons. The molecule has 10 nitrogen and oxygen atoms in total. The van der Waals surface area contributed by atoms with Crippen LogP contribution in [0.25, 0.3) is 0 Å². The molecule has 0 saturated carbocycles. The lowest BCUT2D eigenvalue weighted by Gasteiger charge is -2.21. The highest BCUT2D eigenvalue weighted by atomic mass is 32.2. The van der Waals surface area contributed by atoms with Crippen molar-refractivity contribution >= 4 is 47.4 Å². The number of hydrogen-bond acceptors (Lipinski definition) is 12. The molecule has 1 N–H and O–H groups in total. The van der Waals surface area contributed by atoms with Gasteiger partial charge in [-0.25, -0.2) is 0 Å². The number of nitrogens with one attached hydrogen (secondary N) is 1. The predicted octanol–water partition coefficient (Wildman–Crippen LogP) is 7.31. The van der Waals surface area contributed by atoms with Crippen LogP contribution in [-0.2, 0) is 38.1 Å². The van der Waals surface area contributed by atoms with Gasteiger partial charge in [0.1, 0.15) is 26.4 Å². The highest BCUT2D eigenvalue weighted by molar-refractivity contribution is 7.99. The fraction of sp³-hybridized carbons (Fsp3) is 0.895. The third-order valence-electron chi connectivity index (χ3n) is 8.13. The third kappa shape index (κ3) is 31.3. The first kappa shape index (κ1) is 48.5. The van der Waals surface area contributed by atoms with Crippen molar-refractivity contribution in [3.8, 4) is 0 Å². The highest BCUT2D eigenvalue weighted by Gasteiger charge is 2.17. The summed E-state index contributed by atoms with van der Waals surface area (Å²) in [5, 5.41) is 3.26. The minimum atomic E-state index is -0.378. The molecule has 0 fully saturated rings. The van der Waals surface area contributed by atoms with E-state index in [0.29, 0.717) is 19.6 Å². The zero-order valence-electron chi connectivity index (χ0n) is 32.3. The number of ether oxygens (including phenoxy) is 4. The van der Waals surface area contributed by atoms with E-state index in [2.05, 4.69) is 19.2 Å². The number of esters is 4. The van der Waals surface area contributed by atoms with Gasteiger partial charge >= 0.3 is 23.9 Å². The maximum absolute atomic E-state index is 12.3. The standard InChI is InChI=1S/C38H72N2O8S2/c1-6-9-11-13-15-17-29-49-31-33(4)37(43)47-27-25-45-35(41)19-22-40(24-21-39-8-3)23-20-36(42)46-26-28-48-38(44)34(5)32-50-30-18-16-14-12-10-7-2/h33-34,39H,6-32H2,1-5H3. The SMILES string of the molecule is CCCCCCCCSCC(C)C(=O)OCCOC(=O)CCN(CCNCC)CCC(=O)OCCOC(=O)C(C)CSCCCCCCCC. The number of hydrogen-bond donors (Lipinski definition) is 1. The van der Waals surface area contributed by atoms with E-state index in [1.807, 2.05) is 25.7 Å². The van der Waals surface area contributed by atoms with E-state index in [9.17, 15) is 19.2 Å². The topological polar surface area (TPSA) is 120 Å². The summed E-state index contributed by atoms with van der Waals surface area (Å²) < 4.78 is 21.2. The van der Waals surface area contributed by atoms with Gasteiger partial charge in [0, 0.05) is 37.7 Å². The van der Waals surface area contributed by atoms with E-state index in [1.165, 1.54) is 77.0 Å². The number of likely N-dealkylation sites (N-methyl/N-ethyl adjacent to an activating group) is 1. The van der Waals surface area contributed by atoms with E-state index < -0.39 is 0 Å². The van der Waals surface area contributed by atoms with Gasteiger partial charge in [0.15, 0.2) is 0 Å². The van der Waals surface area contributed by atoms with Crippen LogP contribution in [0, 0.1) is 11.8 Å².